The quantitative estimate of drug-likeness (QED) is 0.460. The zero-order chi connectivity index (χ0) is 10.1. The minimum atomic E-state index is 0.212. The lowest BCUT2D eigenvalue weighted by Crippen LogP contribution is -1.92. The molecule has 0 amide bonds. The normalized spacial score (nSPS) is 10.8. The third-order valence-electron chi connectivity index (χ3n) is 1.71. The number of fused-ring (bicyclic) bond motifs is 1. The van der Waals surface area contributed by atoms with E-state index in [1.54, 1.807) is 12.3 Å². The number of hydrogen-bond acceptors (Lipinski definition) is 3. The molecule has 2 rings (SSSR count). The first-order valence-corrected chi connectivity index (χ1v) is 5.62. The van der Waals surface area contributed by atoms with Crippen molar-refractivity contribution in [2.24, 2.45) is 0 Å². The lowest BCUT2D eigenvalue weighted by molar-refractivity contribution is 1.18. The van der Waals surface area contributed by atoms with Crippen LogP contribution in [-0.2, 0) is 5.33 Å². The number of rotatable bonds is 1. The molecule has 0 aliphatic heterocycles. The molecule has 0 fully saturated rings. The molecule has 0 spiro atoms. The first-order valence-electron chi connectivity index (χ1n) is 3.74. The average molecular weight is 293 g/mol. The summed E-state index contributed by atoms with van der Waals surface area (Å²) in [4.78, 5) is 12.0. The van der Waals surface area contributed by atoms with E-state index in [4.69, 9.17) is 23.2 Å². The Morgan fingerprint density at radius 2 is 2.07 bits per heavy atom. The maximum atomic E-state index is 5.82. The zero-order valence-corrected chi connectivity index (χ0v) is 9.94. The predicted molar refractivity (Wildman–Crippen MR) is 60.0 cm³/mol. The van der Waals surface area contributed by atoms with E-state index in [0.29, 0.717) is 16.0 Å². The molecule has 0 N–H and O–H groups in total. The Labute approximate surface area is 98.6 Å². The van der Waals surface area contributed by atoms with E-state index in [1.807, 2.05) is 0 Å². The van der Waals surface area contributed by atoms with Gasteiger partial charge in [0.15, 0.2) is 0 Å². The molecule has 0 saturated heterocycles. The average Bonchev–Trinajstić information content (AvgIpc) is 2.17. The van der Waals surface area contributed by atoms with Crippen molar-refractivity contribution in [3.05, 3.63) is 28.3 Å². The van der Waals surface area contributed by atoms with Gasteiger partial charge in [0, 0.05) is 5.33 Å². The van der Waals surface area contributed by atoms with Crippen molar-refractivity contribution in [3.8, 4) is 0 Å². The van der Waals surface area contributed by atoms with Gasteiger partial charge in [-0.3, -0.25) is 0 Å². The molecule has 6 heteroatoms. The maximum absolute atomic E-state index is 5.82. The van der Waals surface area contributed by atoms with Crippen LogP contribution in [0.5, 0.6) is 0 Å². The van der Waals surface area contributed by atoms with Crippen LogP contribution < -0.4 is 0 Å². The molecular weight excluding hydrogens is 289 g/mol. The second kappa shape index (κ2) is 3.96. The van der Waals surface area contributed by atoms with Crippen molar-refractivity contribution in [2.45, 2.75) is 5.33 Å². The van der Waals surface area contributed by atoms with Crippen LogP contribution in [0.15, 0.2) is 12.3 Å². The smallest absolute Gasteiger partial charge is 0.223 e. The highest BCUT2D eigenvalue weighted by Crippen LogP contribution is 2.21. The number of pyridine rings is 1. The lowest BCUT2D eigenvalue weighted by atomic mass is 10.2. The number of aromatic nitrogens is 3. The van der Waals surface area contributed by atoms with Gasteiger partial charge < -0.3 is 0 Å². The fourth-order valence-corrected chi connectivity index (χ4v) is 1.92. The van der Waals surface area contributed by atoms with Gasteiger partial charge in [-0.25, -0.2) is 15.0 Å². The Hall–Kier alpha value is -0.450. The molecule has 0 atom stereocenters. The Balaban J connectivity index is 2.81. The molecule has 72 valence electrons. The second-order valence-electron chi connectivity index (χ2n) is 2.61. The van der Waals surface area contributed by atoms with Crippen LogP contribution >= 0.6 is 39.1 Å². The molecule has 0 bridgehead atoms. The number of alkyl halides is 1. The molecule has 2 aromatic rings. The van der Waals surface area contributed by atoms with Gasteiger partial charge >= 0.3 is 0 Å². The van der Waals surface area contributed by atoms with Crippen molar-refractivity contribution >= 4 is 50.2 Å². The van der Waals surface area contributed by atoms with E-state index in [9.17, 15) is 0 Å². The topological polar surface area (TPSA) is 38.7 Å². The van der Waals surface area contributed by atoms with Gasteiger partial charge in [-0.2, -0.15) is 0 Å². The van der Waals surface area contributed by atoms with Crippen LogP contribution in [0.25, 0.3) is 11.0 Å². The highest BCUT2D eigenvalue weighted by molar-refractivity contribution is 9.08. The van der Waals surface area contributed by atoms with Crippen molar-refractivity contribution in [1.29, 1.82) is 0 Å². The Bertz CT molecular complexity index is 489. The molecule has 0 unspecified atom stereocenters. The lowest BCUT2D eigenvalue weighted by Gasteiger charge is -2.02. The molecule has 0 aliphatic rings. The molecule has 2 heterocycles. The molecule has 2 aromatic heterocycles. The third-order valence-corrected chi connectivity index (χ3v) is 2.69. The molecule has 0 saturated carbocycles. The predicted octanol–water partition coefficient (Wildman–Crippen LogP) is 3.23. The highest BCUT2D eigenvalue weighted by Gasteiger charge is 2.06. The van der Waals surface area contributed by atoms with Gasteiger partial charge in [0.2, 0.25) is 5.28 Å². The number of hydrogen-bond donors (Lipinski definition) is 0. The molecule has 3 nitrogen and oxygen atoms in total. The first-order chi connectivity index (χ1) is 6.70. The van der Waals surface area contributed by atoms with Gasteiger partial charge in [0.1, 0.15) is 10.7 Å². The highest BCUT2D eigenvalue weighted by atomic mass is 79.9. The van der Waals surface area contributed by atoms with Gasteiger partial charge in [-0.15, -0.1) is 0 Å². The van der Waals surface area contributed by atoms with Crippen molar-refractivity contribution in [2.75, 3.05) is 0 Å². The Morgan fingerprint density at radius 3 is 2.79 bits per heavy atom. The summed E-state index contributed by atoms with van der Waals surface area (Å²) in [5, 5.41) is 1.29. The van der Waals surface area contributed by atoms with Crippen molar-refractivity contribution < 1.29 is 0 Å². The summed E-state index contributed by atoms with van der Waals surface area (Å²) in [7, 11) is 0. The van der Waals surface area contributed by atoms with Gasteiger partial charge in [0.25, 0.3) is 0 Å². The van der Waals surface area contributed by atoms with E-state index in [1.165, 1.54) is 0 Å². The summed E-state index contributed by atoms with van der Waals surface area (Å²) in [5.41, 5.74) is 2.33. The fourth-order valence-electron chi connectivity index (χ4n) is 1.13. The fraction of sp³-hybridized carbons (Fsp3) is 0.125. The van der Waals surface area contributed by atoms with Gasteiger partial charge in [-0.05, 0) is 23.2 Å². The molecule has 0 aromatic carbocycles. The van der Waals surface area contributed by atoms with E-state index in [2.05, 4.69) is 30.9 Å². The summed E-state index contributed by atoms with van der Waals surface area (Å²) in [6, 6.07) is 1.75. The minimum absolute atomic E-state index is 0.212. The van der Waals surface area contributed by atoms with Crippen LogP contribution in [0.3, 0.4) is 0 Å². The monoisotopic (exact) mass is 291 g/mol. The first kappa shape index (κ1) is 10.1. The Morgan fingerprint density at radius 1 is 1.29 bits per heavy atom. The molecule has 0 radical (unpaired) electrons. The minimum Gasteiger partial charge on any atom is -0.233 e. The Kier molecular flexibility index (Phi) is 2.85. The summed E-state index contributed by atoms with van der Waals surface area (Å²) in [6.45, 7) is 0. The summed E-state index contributed by atoms with van der Waals surface area (Å²) < 4.78 is 0. The van der Waals surface area contributed by atoms with Crippen LogP contribution in [0.1, 0.15) is 5.56 Å². The summed E-state index contributed by atoms with van der Waals surface area (Å²) >= 11 is 14.9. The standard InChI is InChI=1S/C8H4BrCl2N3/c9-2-4-1-6(10)13-5-3-12-8(11)14-7(4)5/h1,3H,2H2. The summed E-state index contributed by atoms with van der Waals surface area (Å²) in [6.07, 6.45) is 1.56. The maximum Gasteiger partial charge on any atom is 0.223 e. The van der Waals surface area contributed by atoms with Gasteiger partial charge in [-0.1, -0.05) is 27.5 Å². The van der Waals surface area contributed by atoms with Crippen LogP contribution in [0.2, 0.25) is 10.4 Å². The van der Waals surface area contributed by atoms with E-state index >= 15 is 0 Å². The van der Waals surface area contributed by atoms with Crippen molar-refractivity contribution in [3.63, 3.8) is 0 Å². The molecular formula is C8H4BrCl2N3. The van der Waals surface area contributed by atoms with E-state index in [0.717, 1.165) is 11.1 Å². The van der Waals surface area contributed by atoms with E-state index < -0.39 is 0 Å². The second-order valence-corrected chi connectivity index (χ2v) is 3.90. The van der Waals surface area contributed by atoms with Crippen LogP contribution in [0, 0.1) is 0 Å². The van der Waals surface area contributed by atoms with Crippen molar-refractivity contribution in [1.82, 2.24) is 15.0 Å². The molecule has 0 aliphatic carbocycles. The molecule has 14 heavy (non-hydrogen) atoms. The van der Waals surface area contributed by atoms with E-state index in [-0.39, 0.29) is 5.28 Å². The SMILES string of the molecule is Clc1cc(CBr)c2nc(Cl)ncc2n1. The van der Waals surface area contributed by atoms with Crippen LogP contribution in [-0.4, -0.2) is 15.0 Å². The van der Waals surface area contributed by atoms with Gasteiger partial charge in [0.05, 0.1) is 11.7 Å². The third kappa shape index (κ3) is 1.82. The number of halogens is 3. The van der Waals surface area contributed by atoms with Crippen LogP contribution in [0.4, 0.5) is 0 Å². The zero-order valence-electron chi connectivity index (χ0n) is 6.84. The summed E-state index contributed by atoms with van der Waals surface area (Å²) in [5.74, 6) is 0. The number of nitrogens with zero attached hydrogens (tertiary/aromatic N) is 3. The largest absolute Gasteiger partial charge is 0.233 e.